The molecule has 10 nitrogen and oxygen atoms in total. The van der Waals surface area contributed by atoms with Gasteiger partial charge in [-0.2, -0.15) is 0 Å². The second kappa shape index (κ2) is 10.3. The Kier molecular flexibility index (Phi) is 7.87. The molecule has 0 unspecified atom stereocenters. The molecule has 30 heavy (non-hydrogen) atoms. The molecule has 0 atom stereocenters. The van der Waals surface area contributed by atoms with Gasteiger partial charge in [0.1, 0.15) is 17.9 Å². The molecular formula is C19H21N3O7S. The fourth-order valence-electron chi connectivity index (χ4n) is 2.00. The van der Waals surface area contributed by atoms with Crippen molar-refractivity contribution in [3.05, 3.63) is 47.0 Å². The van der Waals surface area contributed by atoms with E-state index in [1.165, 1.54) is 5.38 Å². The van der Waals surface area contributed by atoms with E-state index < -0.39 is 36.0 Å². The number of carbonyl (C=O) groups excluding carboxylic acids is 2. The van der Waals surface area contributed by atoms with Gasteiger partial charge in [0.25, 0.3) is 0 Å². The Morgan fingerprint density at radius 1 is 1.20 bits per heavy atom. The summed E-state index contributed by atoms with van der Waals surface area (Å²) in [5.41, 5.74) is -0.463. The lowest BCUT2D eigenvalue weighted by molar-refractivity contribution is -0.160. The van der Waals surface area contributed by atoms with Crippen molar-refractivity contribution in [3.63, 3.8) is 0 Å². The van der Waals surface area contributed by atoms with Crippen molar-refractivity contribution in [1.82, 2.24) is 4.98 Å². The van der Waals surface area contributed by atoms with Crippen LogP contribution in [0.3, 0.4) is 0 Å². The lowest BCUT2D eigenvalue weighted by Gasteiger charge is -2.18. The van der Waals surface area contributed by atoms with Crippen LogP contribution >= 0.6 is 11.3 Å². The average Bonchev–Trinajstić information content (AvgIpc) is 3.10. The van der Waals surface area contributed by atoms with Crippen molar-refractivity contribution >= 4 is 40.2 Å². The van der Waals surface area contributed by atoms with Gasteiger partial charge in [-0.05, 0) is 26.3 Å². The quantitative estimate of drug-likeness (QED) is 0.367. The van der Waals surface area contributed by atoms with Crippen LogP contribution < -0.4 is 5.32 Å². The molecule has 1 aromatic carbocycles. The molecule has 0 fully saturated rings. The van der Waals surface area contributed by atoms with Gasteiger partial charge < -0.3 is 19.4 Å². The molecule has 0 spiro atoms. The molecule has 2 aromatic rings. The van der Waals surface area contributed by atoms with Gasteiger partial charge in [0.05, 0.1) is 0 Å². The fraction of sp³-hybridized carbons (Fsp3) is 0.316. The third-order valence-corrected chi connectivity index (χ3v) is 3.89. The van der Waals surface area contributed by atoms with Crippen molar-refractivity contribution in [2.75, 3.05) is 11.9 Å². The zero-order chi connectivity index (χ0) is 22.1. The summed E-state index contributed by atoms with van der Waals surface area (Å²) in [5.74, 6) is -2.11. The number of nitrogens with one attached hydrogen (secondary N) is 1. The molecule has 0 bridgehead atoms. The summed E-state index contributed by atoms with van der Waals surface area (Å²) < 4.78 is 10.1. The molecule has 2 N–H and O–H groups in total. The van der Waals surface area contributed by atoms with Gasteiger partial charge in [-0.15, -0.1) is 11.3 Å². The van der Waals surface area contributed by atoms with E-state index in [1.807, 2.05) is 30.3 Å². The SMILES string of the molecule is CC(C)(C)OC(=O)CO/N=C(\C(=O)O)c1csc(NC(=O)OCc2ccccc2)n1. The van der Waals surface area contributed by atoms with E-state index in [-0.39, 0.29) is 17.4 Å². The molecule has 1 amide bonds. The standard InChI is InChI=1S/C19H21N3O7S/c1-19(2,3)29-14(23)10-28-22-15(16(24)25)13-11-30-17(20-13)21-18(26)27-9-12-7-5-4-6-8-12/h4-8,11H,9-10H2,1-3H3,(H,24,25)(H,20,21,26)/b22-15-. The smallest absolute Gasteiger partial charge is 0.413 e. The predicted octanol–water partition coefficient (Wildman–Crippen LogP) is 3.04. The van der Waals surface area contributed by atoms with Crippen LogP contribution in [0.15, 0.2) is 40.9 Å². The third kappa shape index (κ3) is 7.87. The molecule has 0 radical (unpaired) electrons. The van der Waals surface area contributed by atoms with E-state index in [0.29, 0.717) is 0 Å². The topological polar surface area (TPSA) is 136 Å². The van der Waals surface area contributed by atoms with E-state index in [9.17, 15) is 19.5 Å². The summed E-state index contributed by atoms with van der Waals surface area (Å²) in [6.07, 6.45) is -0.741. The summed E-state index contributed by atoms with van der Waals surface area (Å²) >= 11 is 0.979. The first-order chi connectivity index (χ1) is 14.1. The number of rotatable bonds is 8. The van der Waals surface area contributed by atoms with E-state index in [0.717, 1.165) is 16.9 Å². The number of ether oxygens (including phenoxy) is 2. The Labute approximate surface area is 176 Å². The number of oxime groups is 1. The van der Waals surface area contributed by atoms with Crippen LogP contribution in [-0.4, -0.2) is 46.0 Å². The van der Waals surface area contributed by atoms with Gasteiger partial charge in [-0.3, -0.25) is 5.32 Å². The van der Waals surface area contributed by atoms with Gasteiger partial charge in [0.2, 0.25) is 12.3 Å². The number of hydrogen-bond acceptors (Lipinski definition) is 9. The molecule has 0 aliphatic heterocycles. The maximum atomic E-state index is 11.9. The predicted molar refractivity (Wildman–Crippen MR) is 108 cm³/mol. The number of carbonyl (C=O) groups is 3. The number of amides is 1. The molecule has 1 heterocycles. The normalized spacial score (nSPS) is 11.5. The van der Waals surface area contributed by atoms with Gasteiger partial charge in [-0.1, -0.05) is 35.5 Å². The lowest BCUT2D eigenvalue weighted by atomic mass is 10.2. The zero-order valence-electron chi connectivity index (χ0n) is 16.6. The van der Waals surface area contributed by atoms with E-state index in [4.69, 9.17) is 14.3 Å². The van der Waals surface area contributed by atoms with Gasteiger partial charge in [-0.25, -0.2) is 19.4 Å². The average molecular weight is 435 g/mol. The minimum absolute atomic E-state index is 0.0463. The number of aliphatic carboxylic acids is 1. The van der Waals surface area contributed by atoms with Crippen molar-refractivity contribution < 1.29 is 33.8 Å². The first kappa shape index (κ1) is 22.8. The van der Waals surface area contributed by atoms with Gasteiger partial charge in [0.15, 0.2) is 5.13 Å². The second-order valence-electron chi connectivity index (χ2n) is 6.83. The summed E-state index contributed by atoms with van der Waals surface area (Å²) in [5, 5.41) is 16.7. The van der Waals surface area contributed by atoms with Crippen molar-refractivity contribution in [1.29, 1.82) is 0 Å². The summed E-state index contributed by atoms with van der Waals surface area (Å²) in [6, 6.07) is 9.10. The van der Waals surface area contributed by atoms with E-state index >= 15 is 0 Å². The molecule has 2 rings (SSSR count). The molecule has 0 aliphatic carbocycles. The number of nitrogens with zero attached hydrogens (tertiary/aromatic N) is 2. The highest BCUT2D eigenvalue weighted by Crippen LogP contribution is 2.17. The number of esters is 1. The fourth-order valence-corrected chi connectivity index (χ4v) is 2.68. The maximum absolute atomic E-state index is 11.9. The first-order valence-corrected chi connectivity index (χ1v) is 9.61. The monoisotopic (exact) mass is 435 g/mol. The van der Waals surface area contributed by atoms with Crippen LogP contribution in [0.5, 0.6) is 0 Å². The molecule has 0 saturated carbocycles. The van der Waals surface area contributed by atoms with Crippen LogP contribution in [0.4, 0.5) is 9.93 Å². The Hall–Kier alpha value is -3.47. The second-order valence-corrected chi connectivity index (χ2v) is 7.69. The Balaban J connectivity index is 1.93. The van der Waals surface area contributed by atoms with Crippen LogP contribution in [0.1, 0.15) is 32.0 Å². The van der Waals surface area contributed by atoms with Crippen LogP contribution in [0.25, 0.3) is 0 Å². The number of carboxylic acids is 1. The molecule has 1 aromatic heterocycles. The number of benzene rings is 1. The van der Waals surface area contributed by atoms with Gasteiger partial charge >= 0.3 is 18.0 Å². The lowest BCUT2D eigenvalue weighted by Crippen LogP contribution is -2.26. The Morgan fingerprint density at radius 2 is 1.90 bits per heavy atom. The molecule has 0 aliphatic rings. The van der Waals surface area contributed by atoms with Crippen LogP contribution in [0.2, 0.25) is 0 Å². The minimum atomic E-state index is -1.41. The number of aromatic nitrogens is 1. The number of hydrogen-bond donors (Lipinski definition) is 2. The van der Waals surface area contributed by atoms with Crippen LogP contribution in [-0.2, 0) is 30.5 Å². The zero-order valence-corrected chi connectivity index (χ0v) is 17.4. The summed E-state index contributed by atoms with van der Waals surface area (Å²) in [7, 11) is 0. The van der Waals surface area contributed by atoms with Crippen molar-refractivity contribution in [2.45, 2.75) is 33.0 Å². The molecular weight excluding hydrogens is 414 g/mol. The summed E-state index contributed by atoms with van der Waals surface area (Å²) in [4.78, 5) is 43.7. The third-order valence-electron chi connectivity index (χ3n) is 3.13. The summed E-state index contributed by atoms with van der Waals surface area (Å²) in [6.45, 7) is 4.57. The highest BCUT2D eigenvalue weighted by Gasteiger charge is 2.20. The maximum Gasteiger partial charge on any atom is 0.413 e. The van der Waals surface area contributed by atoms with E-state index in [1.54, 1.807) is 20.8 Å². The number of carboxylic acid groups (broad SMARTS) is 1. The molecule has 160 valence electrons. The van der Waals surface area contributed by atoms with Crippen molar-refractivity contribution in [3.8, 4) is 0 Å². The minimum Gasteiger partial charge on any atom is -0.476 e. The first-order valence-electron chi connectivity index (χ1n) is 8.73. The van der Waals surface area contributed by atoms with Crippen molar-refractivity contribution in [2.24, 2.45) is 5.16 Å². The largest absolute Gasteiger partial charge is 0.476 e. The van der Waals surface area contributed by atoms with E-state index in [2.05, 4.69) is 15.5 Å². The highest BCUT2D eigenvalue weighted by atomic mass is 32.1. The van der Waals surface area contributed by atoms with Crippen LogP contribution in [0, 0.1) is 0 Å². The number of anilines is 1. The molecule has 0 saturated heterocycles. The molecule has 11 heteroatoms. The number of thiazole rings is 1. The van der Waals surface area contributed by atoms with Gasteiger partial charge in [0, 0.05) is 5.38 Å². The highest BCUT2D eigenvalue weighted by molar-refractivity contribution is 7.14. The Bertz CT molecular complexity index is 920. The Morgan fingerprint density at radius 3 is 2.53 bits per heavy atom.